The minimum atomic E-state index is 0.331. The third kappa shape index (κ3) is 3.95. The van der Waals surface area contributed by atoms with Gasteiger partial charge in [0.25, 0.3) is 0 Å². The Morgan fingerprint density at radius 3 is 2.74 bits per heavy atom. The molecule has 0 aromatic heterocycles. The normalized spacial score (nSPS) is 17.6. The lowest BCUT2D eigenvalue weighted by Gasteiger charge is -2.20. The van der Waals surface area contributed by atoms with Crippen molar-refractivity contribution in [2.75, 3.05) is 33.3 Å². The van der Waals surface area contributed by atoms with Crippen LogP contribution in [0.3, 0.4) is 0 Å². The molecule has 106 valence electrons. The van der Waals surface area contributed by atoms with Crippen LogP contribution in [0.2, 0.25) is 0 Å². The van der Waals surface area contributed by atoms with Gasteiger partial charge in [-0.15, -0.1) is 0 Å². The molecule has 1 saturated heterocycles. The highest BCUT2D eigenvalue weighted by atomic mass is 16.5. The van der Waals surface area contributed by atoms with Gasteiger partial charge in [0, 0.05) is 24.7 Å². The van der Waals surface area contributed by atoms with Crippen molar-refractivity contribution in [3.8, 4) is 5.75 Å². The Bertz CT molecular complexity index is 400. The van der Waals surface area contributed by atoms with Crippen molar-refractivity contribution in [1.29, 1.82) is 0 Å². The molecule has 1 aromatic carbocycles. The van der Waals surface area contributed by atoms with Gasteiger partial charge in [0.2, 0.25) is 0 Å². The molecule has 0 bridgehead atoms. The molecular formula is C16H26N2O. The van der Waals surface area contributed by atoms with E-state index in [1.165, 1.54) is 37.1 Å². The quantitative estimate of drug-likeness (QED) is 0.853. The summed E-state index contributed by atoms with van der Waals surface area (Å²) >= 11 is 0. The lowest BCUT2D eigenvalue weighted by atomic mass is 10.0. The highest BCUT2D eigenvalue weighted by Gasteiger charge is 2.13. The molecule has 3 nitrogen and oxygen atoms in total. The second-order valence-corrected chi connectivity index (χ2v) is 5.47. The number of ether oxygens (including phenoxy) is 1. The van der Waals surface area contributed by atoms with E-state index in [0.29, 0.717) is 6.04 Å². The van der Waals surface area contributed by atoms with E-state index in [1.807, 2.05) is 0 Å². The molecule has 1 atom stereocenters. The summed E-state index contributed by atoms with van der Waals surface area (Å²) in [5.74, 6) is 0.978. The average Bonchev–Trinajstić information content (AvgIpc) is 2.91. The van der Waals surface area contributed by atoms with Gasteiger partial charge in [-0.2, -0.15) is 0 Å². The minimum absolute atomic E-state index is 0.331. The number of hydrogen-bond acceptors (Lipinski definition) is 3. The molecule has 1 N–H and O–H groups in total. The van der Waals surface area contributed by atoms with Crippen LogP contribution in [-0.4, -0.2) is 38.2 Å². The second-order valence-electron chi connectivity index (χ2n) is 5.47. The summed E-state index contributed by atoms with van der Waals surface area (Å²) in [6.45, 7) is 9.06. The molecule has 0 radical (unpaired) electrons. The molecule has 1 heterocycles. The molecule has 0 aliphatic carbocycles. The lowest BCUT2D eigenvalue weighted by molar-refractivity contribution is 0.328. The Morgan fingerprint density at radius 1 is 1.32 bits per heavy atom. The Hall–Kier alpha value is -1.06. The summed E-state index contributed by atoms with van der Waals surface area (Å²) in [5, 5.41) is 3.61. The monoisotopic (exact) mass is 262 g/mol. The van der Waals surface area contributed by atoms with Crippen LogP contribution in [0.15, 0.2) is 18.2 Å². The number of hydrogen-bond donors (Lipinski definition) is 1. The van der Waals surface area contributed by atoms with Gasteiger partial charge in [0.15, 0.2) is 0 Å². The fourth-order valence-electron chi connectivity index (χ4n) is 2.75. The van der Waals surface area contributed by atoms with Crippen LogP contribution in [-0.2, 0) is 0 Å². The summed E-state index contributed by atoms with van der Waals surface area (Å²) in [6.07, 6.45) is 2.72. The van der Waals surface area contributed by atoms with Crippen molar-refractivity contribution in [3.05, 3.63) is 29.3 Å². The average molecular weight is 262 g/mol. The maximum Gasteiger partial charge on any atom is 0.123 e. The van der Waals surface area contributed by atoms with Crippen molar-refractivity contribution in [2.24, 2.45) is 0 Å². The first kappa shape index (κ1) is 14.4. The number of methoxy groups -OCH3 is 1. The van der Waals surface area contributed by atoms with Crippen LogP contribution in [0.5, 0.6) is 5.75 Å². The first-order valence-electron chi connectivity index (χ1n) is 7.31. The van der Waals surface area contributed by atoms with Crippen molar-refractivity contribution in [3.63, 3.8) is 0 Å². The van der Waals surface area contributed by atoms with E-state index in [4.69, 9.17) is 4.74 Å². The first-order chi connectivity index (χ1) is 9.20. The molecule has 3 heteroatoms. The van der Waals surface area contributed by atoms with Gasteiger partial charge in [0.1, 0.15) is 5.75 Å². The standard InChI is InChI=1S/C16H26N2O/c1-13-6-7-16(19-3)15(12-13)14(2)17-8-11-18-9-4-5-10-18/h6-7,12,14,17H,4-5,8-11H2,1-3H3. The van der Waals surface area contributed by atoms with Crippen LogP contribution in [0.1, 0.15) is 36.9 Å². The third-order valence-corrected chi connectivity index (χ3v) is 3.93. The Morgan fingerprint density at radius 2 is 2.05 bits per heavy atom. The van der Waals surface area contributed by atoms with E-state index >= 15 is 0 Å². The summed E-state index contributed by atoms with van der Waals surface area (Å²) < 4.78 is 5.45. The molecular weight excluding hydrogens is 236 g/mol. The summed E-state index contributed by atoms with van der Waals surface area (Å²) in [7, 11) is 1.74. The summed E-state index contributed by atoms with van der Waals surface area (Å²) in [4.78, 5) is 2.53. The fourth-order valence-corrected chi connectivity index (χ4v) is 2.75. The molecule has 1 fully saturated rings. The van der Waals surface area contributed by atoms with Gasteiger partial charge < -0.3 is 15.0 Å². The Balaban J connectivity index is 1.87. The molecule has 1 aromatic rings. The first-order valence-corrected chi connectivity index (χ1v) is 7.31. The number of nitrogens with one attached hydrogen (secondary N) is 1. The van der Waals surface area contributed by atoms with Gasteiger partial charge in [-0.1, -0.05) is 17.7 Å². The van der Waals surface area contributed by atoms with Gasteiger partial charge in [0.05, 0.1) is 7.11 Å². The molecule has 2 rings (SSSR count). The molecule has 1 aliphatic rings. The number of likely N-dealkylation sites (tertiary alicyclic amines) is 1. The zero-order valence-electron chi connectivity index (χ0n) is 12.4. The van der Waals surface area contributed by atoms with Gasteiger partial charge >= 0.3 is 0 Å². The van der Waals surface area contributed by atoms with Crippen molar-refractivity contribution >= 4 is 0 Å². The van der Waals surface area contributed by atoms with Crippen LogP contribution in [0.4, 0.5) is 0 Å². The zero-order chi connectivity index (χ0) is 13.7. The maximum atomic E-state index is 5.45. The van der Waals surface area contributed by atoms with Crippen LogP contribution >= 0.6 is 0 Å². The Kier molecular flexibility index (Phi) is 5.23. The van der Waals surface area contributed by atoms with E-state index < -0.39 is 0 Å². The topological polar surface area (TPSA) is 24.5 Å². The van der Waals surface area contributed by atoms with E-state index in [9.17, 15) is 0 Å². The van der Waals surface area contributed by atoms with Crippen LogP contribution in [0.25, 0.3) is 0 Å². The molecule has 1 unspecified atom stereocenters. The molecule has 0 spiro atoms. The van der Waals surface area contributed by atoms with E-state index in [1.54, 1.807) is 7.11 Å². The third-order valence-electron chi connectivity index (χ3n) is 3.93. The number of rotatable bonds is 6. The smallest absolute Gasteiger partial charge is 0.123 e. The van der Waals surface area contributed by atoms with Crippen molar-refractivity contribution in [2.45, 2.75) is 32.7 Å². The van der Waals surface area contributed by atoms with Crippen molar-refractivity contribution < 1.29 is 4.74 Å². The van der Waals surface area contributed by atoms with Crippen LogP contribution < -0.4 is 10.1 Å². The predicted molar refractivity (Wildman–Crippen MR) is 79.8 cm³/mol. The molecule has 19 heavy (non-hydrogen) atoms. The molecule has 0 saturated carbocycles. The molecule has 1 aliphatic heterocycles. The number of nitrogens with zero attached hydrogens (tertiary/aromatic N) is 1. The van der Waals surface area contributed by atoms with Gasteiger partial charge in [-0.3, -0.25) is 0 Å². The largest absolute Gasteiger partial charge is 0.496 e. The fraction of sp³-hybridized carbons (Fsp3) is 0.625. The summed E-state index contributed by atoms with van der Waals surface area (Å²) in [6, 6.07) is 6.70. The Labute approximate surface area is 116 Å². The number of benzene rings is 1. The SMILES string of the molecule is COc1ccc(C)cc1C(C)NCCN1CCCC1. The van der Waals surface area contributed by atoms with Gasteiger partial charge in [-0.05, 0) is 45.8 Å². The molecule has 0 amide bonds. The van der Waals surface area contributed by atoms with E-state index in [-0.39, 0.29) is 0 Å². The maximum absolute atomic E-state index is 5.45. The highest BCUT2D eigenvalue weighted by Crippen LogP contribution is 2.25. The lowest BCUT2D eigenvalue weighted by Crippen LogP contribution is -2.31. The summed E-state index contributed by atoms with van der Waals surface area (Å²) in [5.41, 5.74) is 2.54. The predicted octanol–water partition coefficient (Wildman–Crippen LogP) is 2.75. The zero-order valence-corrected chi connectivity index (χ0v) is 12.4. The highest BCUT2D eigenvalue weighted by molar-refractivity contribution is 5.38. The number of aryl methyl sites for hydroxylation is 1. The second kappa shape index (κ2) is 6.92. The minimum Gasteiger partial charge on any atom is -0.496 e. The van der Waals surface area contributed by atoms with E-state index in [2.05, 4.69) is 42.3 Å². The van der Waals surface area contributed by atoms with Crippen LogP contribution in [0, 0.1) is 6.92 Å². The van der Waals surface area contributed by atoms with E-state index in [0.717, 1.165) is 18.8 Å². The van der Waals surface area contributed by atoms with Gasteiger partial charge in [-0.25, -0.2) is 0 Å². The van der Waals surface area contributed by atoms with Crippen molar-refractivity contribution in [1.82, 2.24) is 10.2 Å².